The van der Waals surface area contributed by atoms with Gasteiger partial charge in [-0.15, -0.1) is 0 Å². The number of aromatic nitrogens is 2. The Hall–Kier alpha value is -0.830. The van der Waals surface area contributed by atoms with Crippen LogP contribution in [-0.2, 0) is 12.8 Å². The zero-order chi connectivity index (χ0) is 13.6. The minimum Gasteiger partial charge on any atom is -0.327 e. The van der Waals surface area contributed by atoms with Gasteiger partial charge in [0.25, 0.3) is 0 Å². The van der Waals surface area contributed by atoms with Crippen molar-refractivity contribution in [3.63, 3.8) is 0 Å². The van der Waals surface area contributed by atoms with Crippen molar-refractivity contribution in [3.05, 3.63) is 17.2 Å². The molecule has 3 heteroatoms. The smallest absolute Gasteiger partial charge is 0.106 e. The summed E-state index contributed by atoms with van der Waals surface area (Å²) < 4.78 is 2.50. The summed E-state index contributed by atoms with van der Waals surface area (Å²) in [6.45, 7) is 6.92. The Balaban J connectivity index is 1.98. The van der Waals surface area contributed by atoms with E-state index < -0.39 is 0 Å². The first-order valence-electron chi connectivity index (χ1n) is 7.80. The Kier molecular flexibility index (Phi) is 3.20. The van der Waals surface area contributed by atoms with Crippen LogP contribution in [0.1, 0.15) is 69.2 Å². The lowest BCUT2D eigenvalue weighted by atomic mass is 9.73. The highest BCUT2D eigenvalue weighted by Crippen LogP contribution is 2.42. The highest BCUT2D eigenvalue weighted by Gasteiger charge is 2.36. The van der Waals surface area contributed by atoms with E-state index in [1.165, 1.54) is 49.3 Å². The molecule has 3 nitrogen and oxygen atoms in total. The molecular weight excluding hydrogens is 234 g/mol. The van der Waals surface area contributed by atoms with E-state index in [1.54, 1.807) is 0 Å². The monoisotopic (exact) mass is 261 g/mol. The predicted octanol–water partition coefficient (Wildman–Crippen LogP) is 3.15. The lowest BCUT2D eigenvalue weighted by Gasteiger charge is -2.41. The topological polar surface area (TPSA) is 43.8 Å². The summed E-state index contributed by atoms with van der Waals surface area (Å²) in [5.74, 6) is 1.19. The zero-order valence-corrected chi connectivity index (χ0v) is 12.6. The molecule has 0 aromatic carbocycles. The molecule has 1 aromatic heterocycles. The maximum atomic E-state index is 6.44. The van der Waals surface area contributed by atoms with Crippen molar-refractivity contribution in [2.75, 3.05) is 0 Å². The molecule has 2 atom stereocenters. The minimum absolute atomic E-state index is 0.298. The molecule has 0 bridgehead atoms. The van der Waals surface area contributed by atoms with Crippen LogP contribution in [0.5, 0.6) is 0 Å². The van der Waals surface area contributed by atoms with Crippen molar-refractivity contribution < 1.29 is 0 Å². The third-order valence-electron chi connectivity index (χ3n) is 5.09. The molecule has 3 rings (SSSR count). The van der Waals surface area contributed by atoms with Crippen LogP contribution in [0, 0.1) is 12.3 Å². The number of fused-ring (bicyclic) bond motifs is 1. The van der Waals surface area contributed by atoms with Crippen LogP contribution in [0.4, 0.5) is 0 Å². The fourth-order valence-electron chi connectivity index (χ4n) is 3.99. The van der Waals surface area contributed by atoms with Gasteiger partial charge in [-0.2, -0.15) is 0 Å². The van der Waals surface area contributed by atoms with Gasteiger partial charge in [0.15, 0.2) is 0 Å². The number of aryl methyl sites for hydroxylation is 2. The van der Waals surface area contributed by atoms with Gasteiger partial charge in [-0.05, 0) is 57.3 Å². The molecule has 0 aliphatic heterocycles. The maximum Gasteiger partial charge on any atom is 0.106 e. The quantitative estimate of drug-likeness (QED) is 0.844. The number of nitrogens with two attached hydrogens (primary N) is 1. The third kappa shape index (κ3) is 2.33. The zero-order valence-electron chi connectivity index (χ0n) is 12.6. The summed E-state index contributed by atoms with van der Waals surface area (Å²) in [5.41, 5.74) is 9.69. The first kappa shape index (κ1) is 13.2. The van der Waals surface area contributed by atoms with Crippen LogP contribution in [0.15, 0.2) is 0 Å². The van der Waals surface area contributed by atoms with Gasteiger partial charge in [0.05, 0.1) is 11.7 Å². The molecule has 0 spiro atoms. The minimum atomic E-state index is 0.298. The number of hydrogen-bond acceptors (Lipinski definition) is 2. The average molecular weight is 261 g/mol. The van der Waals surface area contributed by atoms with E-state index in [9.17, 15) is 0 Å². The summed E-state index contributed by atoms with van der Waals surface area (Å²) in [6, 6.07) is 0.755. The fourth-order valence-corrected chi connectivity index (χ4v) is 3.99. The molecule has 2 aliphatic carbocycles. The van der Waals surface area contributed by atoms with Gasteiger partial charge in [0.2, 0.25) is 0 Å². The van der Waals surface area contributed by atoms with Crippen LogP contribution in [0.25, 0.3) is 0 Å². The Morgan fingerprint density at radius 3 is 2.79 bits per heavy atom. The highest BCUT2D eigenvalue weighted by atomic mass is 15.1. The second-order valence-corrected chi connectivity index (χ2v) is 7.27. The molecule has 2 aliphatic rings. The largest absolute Gasteiger partial charge is 0.327 e. The lowest BCUT2D eigenvalue weighted by Crippen LogP contribution is -2.41. The van der Waals surface area contributed by atoms with Crippen molar-refractivity contribution in [2.24, 2.45) is 11.1 Å². The molecule has 0 amide bonds. The van der Waals surface area contributed by atoms with Crippen LogP contribution in [-0.4, -0.2) is 15.6 Å². The molecule has 1 aromatic rings. The summed E-state index contributed by atoms with van der Waals surface area (Å²) in [7, 11) is 0. The molecule has 1 fully saturated rings. The van der Waals surface area contributed by atoms with Crippen molar-refractivity contribution in [3.8, 4) is 0 Å². The molecule has 0 saturated heterocycles. The standard InChI is InChI=1S/C16H27N3/c1-11-18-13-6-4-5-7-14(13)19(11)15-10-16(2,3)9-8-12(15)17/h12,15H,4-10,17H2,1-3H3. The van der Waals surface area contributed by atoms with Crippen molar-refractivity contribution in [2.45, 2.75) is 77.8 Å². The van der Waals surface area contributed by atoms with Gasteiger partial charge in [-0.25, -0.2) is 4.98 Å². The second-order valence-electron chi connectivity index (χ2n) is 7.27. The van der Waals surface area contributed by atoms with Crippen molar-refractivity contribution >= 4 is 0 Å². The van der Waals surface area contributed by atoms with E-state index in [0.29, 0.717) is 17.5 Å². The predicted molar refractivity (Wildman–Crippen MR) is 78.3 cm³/mol. The summed E-state index contributed by atoms with van der Waals surface area (Å²) in [4.78, 5) is 4.82. The number of nitrogens with zero attached hydrogens (tertiary/aromatic N) is 2. The van der Waals surface area contributed by atoms with Crippen LogP contribution < -0.4 is 5.73 Å². The molecule has 2 N–H and O–H groups in total. The Morgan fingerprint density at radius 1 is 1.26 bits per heavy atom. The molecule has 1 heterocycles. The second kappa shape index (κ2) is 4.62. The summed E-state index contributed by atoms with van der Waals surface area (Å²) >= 11 is 0. The first-order valence-corrected chi connectivity index (χ1v) is 7.80. The molecule has 1 saturated carbocycles. The Bertz CT molecular complexity index is 473. The van der Waals surface area contributed by atoms with Crippen molar-refractivity contribution in [1.29, 1.82) is 0 Å². The lowest BCUT2D eigenvalue weighted by molar-refractivity contribution is 0.157. The van der Waals surface area contributed by atoms with Gasteiger partial charge >= 0.3 is 0 Å². The molecule has 2 unspecified atom stereocenters. The third-order valence-corrected chi connectivity index (χ3v) is 5.09. The number of hydrogen-bond donors (Lipinski definition) is 1. The Morgan fingerprint density at radius 2 is 2.00 bits per heavy atom. The van der Waals surface area contributed by atoms with Gasteiger partial charge in [-0.3, -0.25) is 0 Å². The van der Waals surface area contributed by atoms with E-state index in [1.807, 2.05) is 0 Å². The Labute approximate surface area is 116 Å². The molecular formula is C16H27N3. The fraction of sp³-hybridized carbons (Fsp3) is 0.812. The molecule has 19 heavy (non-hydrogen) atoms. The van der Waals surface area contributed by atoms with E-state index >= 15 is 0 Å². The number of imidazole rings is 1. The van der Waals surface area contributed by atoms with E-state index in [2.05, 4.69) is 25.3 Å². The maximum absolute atomic E-state index is 6.44. The van der Waals surface area contributed by atoms with Gasteiger partial charge in [0.1, 0.15) is 5.82 Å². The average Bonchev–Trinajstić information content (AvgIpc) is 2.68. The first-order chi connectivity index (χ1) is 8.98. The van der Waals surface area contributed by atoms with Gasteiger partial charge in [-0.1, -0.05) is 13.8 Å². The normalized spacial score (nSPS) is 30.1. The molecule has 0 radical (unpaired) electrons. The molecule has 106 valence electrons. The van der Waals surface area contributed by atoms with Crippen LogP contribution in [0.3, 0.4) is 0 Å². The summed E-state index contributed by atoms with van der Waals surface area (Å²) in [6.07, 6.45) is 8.55. The van der Waals surface area contributed by atoms with E-state index in [-0.39, 0.29) is 0 Å². The van der Waals surface area contributed by atoms with Crippen LogP contribution >= 0.6 is 0 Å². The van der Waals surface area contributed by atoms with Gasteiger partial charge < -0.3 is 10.3 Å². The number of rotatable bonds is 1. The van der Waals surface area contributed by atoms with Crippen LogP contribution in [0.2, 0.25) is 0 Å². The van der Waals surface area contributed by atoms with Gasteiger partial charge in [0, 0.05) is 11.7 Å². The van der Waals surface area contributed by atoms with Crippen molar-refractivity contribution in [1.82, 2.24) is 9.55 Å². The van der Waals surface area contributed by atoms with E-state index in [4.69, 9.17) is 10.7 Å². The van der Waals surface area contributed by atoms with E-state index in [0.717, 1.165) is 12.8 Å². The highest BCUT2D eigenvalue weighted by molar-refractivity contribution is 5.21. The SMILES string of the molecule is Cc1nc2c(n1C1CC(C)(C)CCC1N)CCCC2. The summed E-state index contributed by atoms with van der Waals surface area (Å²) in [5, 5.41) is 0.